The van der Waals surface area contributed by atoms with E-state index in [9.17, 15) is 13.6 Å². The van der Waals surface area contributed by atoms with Gasteiger partial charge in [-0.2, -0.15) is 0 Å². The minimum Gasteiger partial charge on any atom is -0.485 e. The number of benzene rings is 3. The summed E-state index contributed by atoms with van der Waals surface area (Å²) in [7, 11) is 0. The van der Waals surface area contributed by atoms with Gasteiger partial charge in [-0.05, 0) is 30.3 Å². The fraction of sp³-hybridized carbons (Fsp3) is 0.0952. The summed E-state index contributed by atoms with van der Waals surface area (Å²) < 4.78 is 38.8. The molecule has 0 N–H and O–H groups in total. The van der Waals surface area contributed by atoms with Gasteiger partial charge >= 0.3 is 0 Å². The first kappa shape index (κ1) is 17.6. The van der Waals surface area contributed by atoms with E-state index >= 15 is 0 Å². The summed E-state index contributed by atoms with van der Waals surface area (Å²) in [5, 5.41) is 0. The van der Waals surface area contributed by atoms with E-state index in [2.05, 4.69) is 0 Å². The topological polar surface area (TPSA) is 35.5 Å². The van der Waals surface area contributed by atoms with E-state index in [0.29, 0.717) is 28.7 Å². The summed E-state index contributed by atoms with van der Waals surface area (Å²) in [6.45, 7) is -0.0196. The third-order valence-corrected chi connectivity index (χ3v) is 3.79. The lowest BCUT2D eigenvalue weighted by atomic mass is 10.2. The van der Waals surface area contributed by atoms with Crippen molar-refractivity contribution in [1.82, 2.24) is 0 Å². The maximum absolute atomic E-state index is 13.7. The first-order valence-corrected chi connectivity index (χ1v) is 7.99. The van der Waals surface area contributed by atoms with Crippen LogP contribution in [-0.2, 0) is 13.2 Å². The molecular weight excluding hydrogens is 338 g/mol. The van der Waals surface area contributed by atoms with Crippen LogP contribution in [0.3, 0.4) is 0 Å². The molecule has 0 aliphatic heterocycles. The normalized spacial score (nSPS) is 10.4. The van der Waals surface area contributed by atoms with Gasteiger partial charge in [0.1, 0.15) is 31.1 Å². The largest absolute Gasteiger partial charge is 0.485 e. The van der Waals surface area contributed by atoms with Crippen molar-refractivity contribution in [3.8, 4) is 11.5 Å². The highest BCUT2D eigenvalue weighted by atomic mass is 19.1. The van der Waals surface area contributed by atoms with Gasteiger partial charge in [0, 0.05) is 16.7 Å². The molecule has 0 fully saturated rings. The number of carbonyl (C=O) groups excluding carboxylic acids is 1. The Balaban J connectivity index is 1.78. The minimum absolute atomic E-state index is 0.00314. The zero-order valence-corrected chi connectivity index (χ0v) is 13.8. The highest BCUT2D eigenvalue weighted by molar-refractivity contribution is 5.76. The molecule has 0 aliphatic carbocycles. The molecule has 3 rings (SSSR count). The van der Waals surface area contributed by atoms with Gasteiger partial charge in [0.25, 0.3) is 0 Å². The Kier molecular flexibility index (Phi) is 5.59. The van der Waals surface area contributed by atoms with E-state index in [1.165, 1.54) is 18.2 Å². The van der Waals surface area contributed by atoms with Crippen molar-refractivity contribution in [2.45, 2.75) is 13.2 Å². The second-order valence-electron chi connectivity index (χ2n) is 5.58. The number of rotatable bonds is 7. The molecule has 0 saturated carbocycles. The number of ether oxygens (including phenoxy) is 2. The molecule has 0 unspecified atom stereocenters. The Hall–Kier alpha value is -3.21. The summed E-state index contributed by atoms with van der Waals surface area (Å²) in [5.41, 5.74) is 1.17. The lowest BCUT2D eigenvalue weighted by Gasteiger charge is -2.14. The summed E-state index contributed by atoms with van der Waals surface area (Å²) in [6.07, 6.45) is 0.677. The Morgan fingerprint density at radius 2 is 1.27 bits per heavy atom. The molecule has 132 valence electrons. The van der Waals surface area contributed by atoms with Crippen LogP contribution in [-0.4, -0.2) is 6.29 Å². The van der Waals surface area contributed by atoms with Gasteiger partial charge in [0.05, 0.1) is 0 Å². The summed E-state index contributed by atoms with van der Waals surface area (Å²) in [5.74, 6) is -0.122. The smallest absolute Gasteiger partial charge is 0.162 e. The molecule has 5 heteroatoms. The van der Waals surface area contributed by atoms with Crippen LogP contribution in [0.25, 0.3) is 0 Å². The first-order chi connectivity index (χ1) is 12.7. The van der Waals surface area contributed by atoms with Crippen LogP contribution in [0.1, 0.15) is 21.5 Å². The molecule has 0 atom stereocenters. The SMILES string of the molecule is O=Cc1ccc(OCc2ccccc2F)c(OCc2ccccc2F)c1. The monoisotopic (exact) mass is 354 g/mol. The van der Waals surface area contributed by atoms with Gasteiger partial charge in [-0.25, -0.2) is 8.78 Å². The molecule has 0 bridgehead atoms. The van der Waals surface area contributed by atoms with Crippen molar-refractivity contribution in [3.05, 3.63) is 95.1 Å². The van der Waals surface area contributed by atoms with Crippen LogP contribution >= 0.6 is 0 Å². The quantitative estimate of drug-likeness (QED) is 0.564. The van der Waals surface area contributed by atoms with E-state index in [4.69, 9.17) is 9.47 Å². The molecule has 3 aromatic rings. The Morgan fingerprint density at radius 1 is 0.731 bits per heavy atom. The molecule has 0 aliphatic rings. The molecule has 0 spiro atoms. The van der Waals surface area contributed by atoms with Gasteiger partial charge in [-0.15, -0.1) is 0 Å². The second-order valence-corrected chi connectivity index (χ2v) is 5.58. The second kappa shape index (κ2) is 8.25. The van der Waals surface area contributed by atoms with Crippen molar-refractivity contribution in [2.24, 2.45) is 0 Å². The van der Waals surface area contributed by atoms with E-state index in [1.54, 1.807) is 48.5 Å². The van der Waals surface area contributed by atoms with Gasteiger partial charge < -0.3 is 9.47 Å². The van der Waals surface area contributed by atoms with Crippen LogP contribution in [0.4, 0.5) is 8.78 Å². The molecule has 0 amide bonds. The lowest BCUT2D eigenvalue weighted by Crippen LogP contribution is -2.03. The molecule has 26 heavy (non-hydrogen) atoms. The van der Waals surface area contributed by atoms with E-state index in [0.717, 1.165) is 0 Å². The van der Waals surface area contributed by atoms with Crippen molar-refractivity contribution in [2.75, 3.05) is 0 Å². The Labute approximate surface area is 149 Å². The maximum atomic E-state index is 13.7. The lowest BCUT2D eigenvalue weighted by molar-refractivity contribution is 0.112. The molecular formula is C21H16F2O3. The van der Waals surface area contributed by atoms with Crippen molar-refractivity contribution < 1.29 is 23.0 Å². The van der Waals surface area contributed by atoms with Gasteiger partial charge in [0.15, 0.2) is 11.5 Å². The zero-order valence-electron chi connectivity index (χ0n) is 13.8. The first-order valence-electron chi connectivity index (χ1n) is 7.99. The predicted octanol–water partition coefficient (Wildman–Crippen LogP) is 4.94. The van der Waals surface area contributed by atoms with Gasteiger partial charge in [-0.1, -0.05) is 36.4 Å². The number of hydrogen-bond acceptors (Lipinski definition) is 3. The van der Waals surface area contributed by atoms with Crippen molar-refractivity contribution in [1.29, 1.82) is 0 Å². The van der Waals surface area contributed by atoms with E-state index in [1.807, 2.05) is 0 Å². The highest BCUT2D eigenvalue weighted by Gasteiger charge is 2.10. The molecule has 0 aromatic heterocycles. The van der Waals surface area contributed by atoms with Crippen LogP contribution in [0.2, 0.25) is 0 Å². The highest BCUT2D eigenvalue weighted by Crippen LogP contribution is 2.30. The maximum Gasteiger partial charge on any atom is 0.162 e. The Morgan fingerprint density at radius 3 is 1.81 bits per heavy atom. The van der Waals surface area contributed by atoms with E-state index in [-0.39, 0.29) is 30.6 Å². The summed E-state index contributed by atoms with van der Waals surface area (Å²) >= 11 is 0. The van der Waals surface area contributed by atoms with Crippen LogP contribution in [0.5, 0.6) is 11.5 Å². The summed E-state index contributed by atoms with van der Waals surface area (Å²) in [4.78, 5) is 11.0. The van der Waals surface area contributed by atoms with Crippen LogP contribution in [0, 0.1) is 11.6 Å². The molecule has 0 heterocycles. The standard InChI is InChI=1S/C21H16F2O3/c22-18-7-3-1-5-16(18)13-25-20-10-9-15(12-24)11-21(20)26-14-17-6-2-4-8-19(17)23/h1-12H,13-14H2. The number of hydrogen-bond donors (Lipinski definition) is 0. The minimum atomic E-state index is -0.382. The predicted molar refractivity (Wildman–Crippen MR) is 93.3 cm³/mol. The third kappa shape index (κ3) is 4.25. The Bertz CT molecular complexity index is 909. The van der Waals surface area contributed by atoms with Crippen LogP contribution < -0.4 is 9.47 Å². The average molecular weight is 354 g/mol. The molecule has 0 radical (unpaired) electrons. The summed E-state index contributed by atoms with van der Waals surface area (Å²) in [6, 6.07) is 17.2. The number of aldehydes is 1. The zero-order chi connectivity index (χ0) is 18.4. The average Bonchev–Trinajstić information content (AvgIpc) is 2.67. The van der Waals surface area contributed by atoms with Gasteiger partial charge in [-0.3, -0.25) is 4.79 Å². The fourth-order valence-corrected chi connectivity index (χ4v) is 2.37. The molecule has 3 aromatic carbocycles. The molecule has 0 saturated heterocycles. The van der Waals surface area contributed by atoms with Gasteiger partial charge in [0.2, 0.25) is 0 Å². The number of halogens is 2. The van der Waals surface area contributed by atoms with Crippen molar-refractivity contribution >= 4 is 6.29 Å². The van der Waals surface area contributed by atoms with Crippen LogP contribution in [0.15, 0.2) is 66.7 Å². The number of carbonyl (C=O) groups is 1. The molecule has 3 nitrogen and oxygen atoms in total. The fourth-order valence-electron chi connectivity index (χ4n) is 2.37. The van der Waals surface area contributed by atoms with E-state index < -0.39 is 0 Å². The van der Waals surface area contributed by atoms with Crippen molar-refractivity contribution in [3.63, 3.8) is 0 Å². The third-order valence-electron chi connectivity index (χ3n) is 3.79.